The van der Waals surface area contributed by atoms with Gasteiger partial charge >= 0.3 is 6.18 Å². The van der Waals surface area contributed by atoms with Crippen LogP contribution >= 0.6 is 0 Å². The Morgan fingerprint density at radius 1 is 1.26 bits per heavy atom. The van der Waals surface area contributed by atoms with Crippen LogP contribution in [0.1, 0.15) is 11.4 Å². The fourth-order valence-electron chi connectivity index (χ4n) is 2.35. The highest BCUT2D eigenvalue weighted by molar-refractivity contribution is 5.60. The molecule has 0 aliphatic carbocycles. The number of ether oxygens (including phenoxy) is 1. The minimum atomic E-state index is -4.66. The Bertz CT molecular complexity index is 815. The zero-order chi connectivity index (χ0) is 19.3. The third-order valence-corrected chi connectivity index (χ3v) is 3.61. The van der Waals surface area contributed by atoms with Gasteiger partial charge in [-0.15, -0.1) is 10.2 Å². The Kier molecular flexibility index (Phi) is 5.63. The molecule has 3 N–H and O–H groups in total. The summed E-state index contributed by atoms with van der Waals surface area (Å²) in [5, 5.41) is 24.1. The van der Waals surface area contributed by atoms with Crippen LogP contribution in [0.2, 0.25) is 0 Å². The van der Waals surface area contributed by atoms with Gasteiger partial charge in [-0.05, 0) is 0 Å². The standard InChI is InChI=1S/C15H15F3N8O/c16-15(17,18)14-11(22-7-10-6-20-1-2-27-10)3-12(25-26-14)24-13-8-21-9(4-19)5-23-13/h3,5,8,10,20H,1-2,6-7H2,(H2,22,23,24,25)/t10-/m0/s1. The molecule has 0 saturated carbocycles. The zero-order valence-corrected chi connectivity index (χ0v) is 13.9. The summed E-state index contributed by atoms with van der Waals surface area (Å²) >= 11 is 0. The largest absolute Gasteiger partial charge is 0.437 e. The van der Waals surface area contributed by atoms with Gasteiger partial charge in [0.15, 0.2) is 17.2 Å². The molecular formula is C15H15F3N8O. The van der Waals surface area contributed by atoms with E-state index >= 15 is 0 Å². The maximum atomic E-state index is 13.2. The highest BCUT2D eigenvalue weighted by Gasteiger charge is 2.36. The number of nitrogens with zero attached hydrogens (tertiary/aromatic N) is 5. The third kappa shape index (κ3) is 4.99. The van der Waals surface area contributed by atoms with Crippen molar-refractivity contribution < 1.29 is 17.9 Å². The van der Waals surface area contributed by atoms with Crippen molar-refractivity contribution in [2.45, 2.75) is 12.3 Å². The fourth-order valence-corrected chi connectivity index (χ4v) is 2.35. The van der Waals surface area contributed by atoms with Gasteiger partial charge in [0, 0.05) is 25.7 Å². The first-order chi connectivity index (χ1) is 13.0. The zero-order valence-electron chi connectivity index (χ0n) is 13.9. The number of hydrogen-bond acceptors (Lipinski definition) is 9. The fraction of sp³-hybridized carbons (Fsp3) is 0.400. The van der Waals surface area contributed by atoms with E-state index in [2.05, 4.69) is 36.1 Å². The summed E-state index contributed by atoms with van der Waals surface area (Å²) in [5.74, 6) is 0.265. The van der Waals surface area contributed by atoms with Crippen LogP contribution in [-0.2, 0) is 10.9 Å². The van der Waals surface area contributed by atoms with Crippen LogP contribution in [0, 0.1) is 11.3 Å². The molecule has 0 aromatic carbocycles. The lowest BCUT2D eigenvalue weighted by atomic mass is 10.2. The summed E-state index contributed by atoms with van der Waals surface area (Å²) in [4.78, 5) is 7.75. The first-order valence-corrected chi connectivity index (χ1v) is 7.96. The van der Waals surface area contributed by atoms with Crippen LogP contribution in [0.4, 0.5) is 30.5 Å². The molecule has 0 spiro atoms. The smallest absolute Gasteiger partial charge is 0.380 e. The monoisotopic (exact) mass is 380 g/mol. The molecule has 1 fully saturated rings. The maximum Gasteiger partial charge on any atom is 0.437 e. The van der Waals surface area contributed by atoms with E-state index in [9.17, 15) is 13.2 Å². The summed E-state index contributed by atoms with van der Waals surface area (Å²) < 4.78 is 45.1. The van der Waals surface area contributed by atoms with Crippen LogP contribution in [0.15, 0.2) is 18.5 Å². The van der Waals surface area contributed by atoms with E-state index in [1.54, 1.807) is 0 Å². The first-order valence-electron chi connectivity index (χ1n) is 7.96. The van der Waals surface area contributed by atoms with Crippen LogP contribution in [0.25, 0.3) is 0 Å². The molecule has 1 atom stereocenters. The quantitative estimate of drug-likeness (QED) is 0.705. The van der Waals surface area contributed by atoms with Crippen molar-refractivity contribution >= 4 is 17.3 Å². The van der Waals surface area contributed by atoms with E-state index in [0.29, 0.717) is 19.7 Å². The lowest BCUT2D eigenvalue weighted by Gasteiger charge is -2.24. The topological polar surface area (TPSA) is 121 Å². The van der Waals surface area contributed by atoms with Crippen LogP contribution in [-0.4, -0.2) is 52.5 Å². The van der Waals surface area contributed by atoms with Gasteiger partial charge in [-0.2, -0.15) is 18.4 Å². The molecule has 0 unspecified atom stereocenters. The van der Waals surface area contributed by atoms with Crippen molar-refractivity contribution in [1.82, 2.24) is 25.5 Å². The Morgan fingerprint density at radius 2 is 2.11 bits per heavy atom. The van der Waals surface area contributed by atoms with E-state index in [1.165, 1.54) is 18.5 Å². The average Bonchev–Trinajstić information content (AvgIpc) is 2.67. The second kappa shape index (κ2) is 8.11. The first kappa shape index (κ1) is 18.7. The van der Waals surface area contributed by atoms with Gasteiger partial charge in [0.25, 0.3) is 0 Å². The van der Waals surface area contributed by atoms with Gasteiger partial charge in [0.2, 0.25) is 0 Å². The van der Waals surface area contributed by atoms with Crippen LogP contribution in [0.3, 0.4) is 0 Å². The van der Waals surface area contributed by atoms with Crippen molar-refractivity contribution in [2.75, 3.05) is 36.9 Å². The number of anilines is 3. The molecule has 9 nitrogen and oxygen atoms in total. The molecule has 2 aromatic rings. The normalized spacial score (nSPS) is 17.2. The molecule has 3 heterocycles. The van der Waals surface area contributed by atoms with Gasteiger partial charge < -0.3 is 20.7 Å². The van der Waals surface area contributed by atoms with E-state index in [-0.39, 0.29) is 35.7 Å². The van der Waals surface area contributed by atoms with E-state index in [4.69, 9.17) is 10.00 Å². The molecule has 27 heavy (non-hydrogen) atoms. The van der Waals surface area contributed by atoms with Crippen molar-refractivity contribution in [3.05, 3.63) is 29.8 Å². The number of halogens is 3. The van der Waals surface area contributed by atoms with Gasteiger partial charge in [-0.1, -0.05) is 0 Å². The Morgan fingerprint density at radius 3 is 2.74 bits per heavy atom. The lowest BCUT2D eigenvalue weighted by molar-refractivity contribution is -0.141. The number of nitrogens with one attached hydrogen (secondary N) is 3. The summed E-state index contributed by atoms with van der Waals surface area (Å²) in [5.41, 5.74) is -1.24. The summed E-state index contributed by atoms with van der Waals surface area (Å²) in [6.07, 6.45) is -2.42. The molecule has 12 heteroatoms. The minimum absolute atomic E-state index is 0.0483. The molecule has 142 valence electrons. The molecule has 0 radical (unpaired) electrons. The van der Waals surface area contributed by atoms with Crippen molar-refractivity contribution in [2.24, 2.45) is 0 Å². The predicted molar refractivity (Wildman–Crippen MR) is 88.2 cm³/mol. The summed E-state index contributed by atoms with van der Waals surface area (Å²) in [6, 6.07) is 3.00. The molecule has 1 saturated heterocycles. The molecule has 1 aliphatic rings. The van der Waals surface area contributed by atoms with Crippen molar-refractivity contribution in [1.29, 1.82) is 5.26 Å². The SMILES string of the molecule is N#Cc1cnc(Nc2cc(NC[C@@H]3CNCCO3)c(C(F)(F)F)nn2)cn1. The average molecular weight is 380 g/mol. The van der Waals surface area contributed by atoms with Gasteiger partial charge in [0.05, 0.1) is 30.8 Å². The molecular weight excluding hydrogens is 365 g/mol. The number of alkyl halides is 3. The molecule has 0 bridgehead atoms. The molecule has 1 aliphatic heterocycles. The maximum absolute atomic E-state index is 13.2. The Balaban J connectivity index is 1.77. The van der Waals surface area contributed by atoms with Crippen LogP contribution in [0.5, 0.6) is 0 Å². The minimum Gasteiger partial charge on any atom is -0.380 e. The van der Waals surface area contributed by atoms with Gasteiger partial charge in [-0.25, -0.2) is 9.97 Å². The second-order valence-electron chi connectivity index (χ2n) is 5.59. The summed E-state index contributed by atoms with van der Waals surface area (Å²) in [7, 11) is 0. The Labute approximate surface area is 152 Å². The lowest BCUT2D eigenvalue weighted by Crippen LogP contribution is -2.42. The molecule has 2 aromatic heterocycles. The molecule has 3 rings (SSSR count). The van der Waals surface area contributed by atoms with E-state index < -0.39 is 11.9 Å². The van der Waals surface area contributed by atoms with Crippen molar-refractivity contribution in [3.63, 3.8) is 0 Å². The summed E-state index contributed by atoms with van der Waals surface area (Å²) in [6.45, 7) is 1.93. The Hall–Kier alpha value is -3.04. The van der Waals surface area contributed by atoms with E-state index in [1.807, 2.05) is 6.07 Å². The number of hydrogen-bond donors (Lipinski definition) is 3. The highest BCUT2D eigenvalue weighted by Crippen LogP contribution is 2.34. The number of rotatable bonds is 5. The number of nitriles is 1. The van der Waals surface area contributed by atoms with Gasteiger partial charge in [0.1, 0.15) is 11.9 Å². The van der Waals surface area contributed by atoms with Gasteiger partial charge in [-0.3, -0.25) is 0 Å². The van der Waals surface area contributed by atoms with E-state index in [0.717, 1.165) is 0 Å². The number of morpholine rings is 1. The predicted octanol–water partition coefficient (Wildman–Crippen LogP) is 1.30. The van der Waals surface area contributed by atoms with Crippen LogP contribution < -0.4 is 16.0 Å². The number of aromatic nitrogens is 4. The second-order valence-corrected chi connectivity index (χ2v) is 5.59. The van der Waals surface area contributed by atoms with Crippen molar-refractivity contribution in [3.8, 4) is 6.07 Å². The third-order valence-electron chi connectivity index (χ3n) is 3.61. The highest BCUT2D eigenvalue weighted by atomic mass is 19.4. The molecule has 0 amide bonds.